The highest BCUT2D eigenvalue weighted by molar-refractivity contribution is 5.93. The fraction of sp³-hybridized carbons (Fsp3) is 0.318. The molecule has 0 radical (unpaired) electrons. The summed E-state index contributed by atoms with van der Waals surface area (Å²) in [6.45, 7) is 4.78. The van der Waals surface area contributed by atoms with Gasteiger partial charge in [0, 0.05) is 10.9 Å². The summed E-state index contributed by atoms with van der Waals surface area (Å²) in [7, 11) is 0. The zero-order chi connectivity index (χ0) is 20.1. The average molecular weight is 393 g/mol. The molecule has 150 valence electrons. The van der Waals surface area contributed by atoms with Crippen molar-refractivity contribution in [2.45, 2.75) is 6.54 Å². The molecule has 3 aromatic rings. The highest BCUT2D eigenvalue weighted by Gasteiger charge is 2.16. The minimum Gasteiger partial charge on any atom is -0.370 e. The van der Waals surface area contributed by atoms with Crippen molar-refractivity contribution in [3.8, 4) is 11.3 Å². The molecule has 1 amide bonds. The first kappa shape index (κ1) is 19.3. The lowest BCUT2D eigenvalue weighted by molar-refractivity contribution is -0.906. The average Bonchev–Trinajstić information content (AvgIpc) is 2.77. The third-order valence-electron chi connectivity index (χ3n) is 5.21. The van der Waals surface area contributed by atoms with Gasteiger partial charge in [-0.3, -0.25) is 9.59 Å². The molecule has 0 unspecified atom stereocenters. The summed E-state index contributed by atoms with van der Waals surface area (Å²) in [6.07, 6.45) is 0. The molecule has 7 nitrogen and oxygen atoms in total. The van der Waals surface area contributed by atoms with Crippen LogP contribution in [0.3, 0.4) is 0 Å². The Bertz CT molecular complexity index is 1040. The van der Waals surface area contributed by atoms with E-state index in [4.69, 9.17) is 4.74 Å². The minimum atomic E-state index is -0.255. The Morgan fingerprint density at radius 3 is 2.48 bits per heavy atom. The number of carbonyl (C=O) groups is 1. The maximum Gasteiger partial charge on any atom is 0.275 e. The van der Waals surface area contributed by atoms with Gasteiger partial charge in [0.25, 0.3) is 5.56 Å². The monoisotopic (exact) mass is 393 g/mol. The maximum absolute atomic E-state index is 12.9. The van der Waals surface area contributed by atoms with Crippen molar-refractivity contribution in [2.75, 3.05) is 39.4 Å². The molecule has 7 heteroatoms. The van der Waals surface area contributed by atoms with Crippen LogP contribution in [0.15, 0.2) is 59.4 Å². The number of aromatic nitrogens is 2. The van der Waals surface area contributed by atoms with Gasteiger partial charge < -0.3 is 15.0 Å². The number of ether oxygens (including phenoxy) is 1. The third kappa shape index (κ3) is 4.52. The van der Waals surface area contributed by atoms with Crippen LogP contribution in [-0.4, -0.2) is 55.1 Å². The van der Waals surface area contributed by atoms with Gasteiger partial charge in [-0.15, -0.1) is 0 Å². The van der Waals surface area contributed by atoms with Crippen LogP contribution < -0.4 is 15.8 Å². The summed E-state index contributed by atoms with van der Waals surface area (Å²) in [4.78, 5) is 26.7. The highest BCUT2D eigenvalue weighted by Crippen LogP contribution is 2.24. The number of nitrogens with one attached hydrogen (secondary N) is 2. The van der Waals surface area contributed by atoms with Gasteiger partial charge in [0.15, 0.2) is 0 Å². The molecule has 1 fully saturated rings. The van der Waals surface area contributed by atoms with Gasteiger partial charge in [-0.1, -0.05) is 48.5 Å². The Balaban J connectivity index is 1.53. The molecule has 0 spiro atoms. The number of morpholine rings is 1. The molecule has 1 saturated heterocycles. The molecule has 2 N–H and O–H groups in total. The van der Waals surface area contributed by atoms with E-state index in [0.717, 1.165) is 43.8 Å². The van der Waals surface area contributed by atoms with Crippen LogP contribution in [0.1, 0.15) is 0 Å². The van der Waals surface area contributed by atoms with Crippen LogP contribution >= 0.6 is 0 Å². The lowest BCUT2D eigenvalue weighted by Gasteiger charge is -2.23. The van der Waals surface area contributed by atoms with Gasteiger partial charge in [0.2, 0.25) is 5.91 Å². The molecule has 2 aromatic carbocycles. The van der Waals surface area contributed by atoms with Gasteiger partial charge >= 0.3 is 0 Å². The van der Waals surface area contributed by atoms with E-state index in [1.165, 1.54) is 9.58 Å². The van der Waals surface area contributed by atoms with Crippen LogP contribution in [0.4, 0.5) is 0 Å². The molecule has 1 aromatic heterocycles. The molecule has 2 heterocycles. The largest absolute Gasteiger partial charge is 0.370 e. The second-order valence-corrected chi connectivity index (χ2v) is 7.19. The lowest BCUT2D eigenvalue weighted by atomic mass is 10.1. The smallest absolute Gasteiger partial charge is 0.275 e. The van der Waals surface area contributed by atoms with Crippen LogP contribution in [0, 0.1) is 0 Å². The Hall–Kier alpha value is -3.03. The van der Waals surface area contributed by atoms with E-state index in [-0.39, 0.29) is 18.0 Å². The van der Waals surface area contributed by atoms with E-state index in [1.54, 1.807) is 6.07 Å². The van der Waals surface area contributed by atoms with Crippen molar-refractivity contribution < 1.29 is 14.4 Å². The summed E-state index contributed by atoms with van der Waals surface area (Å²) in [6, 6.07) is 17.1. The van der Waals surface area contributed by atoms with Crippen LogP contribution in [0.2, 0.25) is 0 Å². The normalized spacial score (nSPS) is 14.8. The molecule has 4 rings (SSSR count). The topological polar surface area (TPSA) is 77.7 Å². The Morgan fingerprint density at radius 1 is 1.03 bits per heavy atom. The molecule has 0 atom stereocenters. The Kier molecular flexibility index (Phi) is 5.97. The quantitative estimate of drug-likeness (QED) is 0.623. The molecule has 29 heavy (non-hydrogen) atoms. The van der Waals surface area contributed by atoms with Crippen molar-refractivity contribution in [3.05, 3.63) is 65.0 Å². The van der Waals surface area contributed by atoms with Crippen molar-refractivity contribution in [2.24, 2.45) is 0 Å². The van der Waals surface area contributed by atoms with Crippen molar-refractivity contribution in [1.29, 1.82) is 0 Å². The summed E-state index contributed by atoms with van der Waals surface area (Å²) < 4.78 is 6.61. The molecule has 0 saturated carbocycles. The van der Waals surface area contributed by atoms with E-state index < -0.39 is 0 Å². The van der Waals surface area contributed by atoms with Gasteiger partial charge in [0.1, 0.15) is 19.6 Å². The maximum atomic E-state index is 12.9. The van der Waals surface area contributed by atoms with Gasteiger partial charge in [0.05, 0.1) is 37.4 Å². The van der Waals surface area contributed by atoms with E-state index in [9.17, 15) is 9.59 Å². The summed E-state index contributed by atoms with van der Waals surface area (Å²) in [5, 5.41) is 8.79. The fourth-order valence-electron chi connectivity index (χ4n) is 3.63. The van der Waals surface area contributed by atoms with Crippen molar-refractivity contribution in [3.63, 3.8) is 0 Å². The number of fused-ring (bicyclic) bond motifs is 1. The van der Waals surface area contributed by atoms with E-state index in [1.807, 2.05) is 48.5 Å². The minimum absolute atomic E-state index is 0.0953. The molecular weight excluding hydrogens is 368 g/mol. The van der Waals surface area contributed by atoms with E-state index in [0.29, 0.717) is 17.6 Å². The summed E-state index contributed by atoms with van der Waals surface area (Å²) >= 11 is 0. The van der Waals surface area contributed by atoms with Gasteiger partial charge in [-0.25, -0.2) is 4.68 Å². The predicted molar refractivity (Wildman–Crippen MR) is 111 cm³/mol. The van der Waals surface area contributed by atoms with Crippen LogP contribution in [0.5, 0.6) is 0 Å². The molecule has 1 aliphatic rings. The number of nitrogens with zero attached hydrogens (tertiary/aromatic N) is 2. The Labute approximate surface area is 168 Å². The Morgan fingerprint density at radius 2 is 1.72 bits per heavy atom. The van der Waals surface area contributed by atoms with Gasteiger partial charge in [-0.05, 0) is 6.07 Å². The van der Waals surface area contributed by atoms with Crippen LogP contribution in [0.25, 0.3) is 22.0 Å². The number of hydrogen-bond acceptors (Lipinski definition) is 4. The van der Waals surface area contributed by atoms with Crippen LogP contribution in [-0.2, 0) is 16.1 Å². The zero-order valence-electron chi connectivity index (χ0n) is 16.3. The van der Waals surface area contributed by atoms with Crippen molar-refractivity contribution >= 4 is 16.7 Å². The second-order valence-electron chi connectivity index (χ2n) is 7.19. The SMILES string of the molecule is O=C(Cn1nc(-c2ccccc2)c2ccccc2c1=O)NCC[NH+]1CCOCC1. The third-order valence-corrected chi connectivity index (χ3v) is 5.21. The number of amides is 1. The number of hydrogen-bond donors (Lipinski definition) is 2. The lowest BCUT2D eigenvalue weighted by Crippen LogP contribution is -3.14. The van der Waals surface area contributed by atoms with E-state index >= 15 is 0 Å². The molecular formula is C22H25N4O3+. The molecule has 1 aliphatic heterocycles. The summed E-state index contributed by atoms with van der Waals surface area (Å²) in [5.41, 5.74) is 1.36. The molecule has 0 bridgehead atoms. The standard InChI is InChI=1S/C22H24N4O3/c27-20(23-10-11-25-12-14-29-15-13-25)16-26-22(28)19-9-5-4-8-18(19)21(24-26)17-6-2-1-3-7-17/h1-9H,10-16H2,(H,23,27)/p+1. The predicted octanol–water partition coefficient (Wildman–Crippen LogP) is 0.0948. The molecule has 0 aliphatic carbocycles. The first-order valence-corrected chi connectivity index (χ1v) is 9.95. The summed E-state index contributed by atoms with van der Waals surface area (Å²) in [5.74, 6) is -0.207. The first-order valence-electron chi connectivity index (χ1n) is 9.95. The van der Waals surface area contributed by atoms with Crippen molar-refractivity contribution in [1.82, 2.24) is 15.1 Å². The fourth-order valence-corrected chi connectivity index (χ4v) is 3.63. The van der Waals surface area contributed by atoms with Gasteiger partial charge in [-0.2, -0.15) is 5.10 Å². The number of rotatable bonds is 6. The number of benzene rings is 2. The first-order chi connectivity index (χ1) is 14.2. The highest BCUT2D eigenvalue weighted by atomic mass is 16.5. The number of quaternary nitrogens is 1. The van der Waals surface area contributed by atoms with E-state index in [2.05, 4.69) is 10.4 Å². The second kappa shape index (κ2) is 8.98. The zero-order valence-corrected chi connectivity index (χ0v) is 16.3. The number of carbonyl (C=O) groups excluding carboxylic acids is 1.